The number of fused-ring (bicyclic) bond motifs is 1. The van der Waals surface area contributed by atoms with Crippen molar-refractivity contribution in [2.45, 2.75) is 13.0 Å². The topological polar surface area (TPSA) is 50.9 Å². The van der Waals surface area contributed by atoms with Crippen LogP contribution in [0.4, 0.5) is 0 Å². The first-order chi connectivity index (χ1) is 7.76. The lowest BCUT2D eigenvalue weighted by molar-refractivity contribution is 0.677. The number of terminal acetylenes is 1. The predicted octanol–water partition coefficient (Wildman–Crippen LogP) is 1.68. The van der Waals surface area contributed by atoms with Crippen LogP contribution in [-0.4, -0.2) is 4.98 Å². The van der Waals surface area contributed by atoms with Crippen LogP contribution in [0.1, 0.15) is 17.3 Å². The molecular formula is C13H13N3. The van der Waals surface area contributed by atoms with E-state index in [9.17, 15) is 0 Å². The van der Waals surface area contributed by atoms with E-state index in [1.54, 1.807) is 0 Å². The number of hydrogen-bond acceptors (Lipinski definition) is 3. The molecule has 16 heavy (non-hydrogen) atoms. The van der Waals surface area contributed by atoms with Crippen LogP contribution in [0.3, 0.4) is 0 Å². The second-order valence-electron chi connectivity index (χ2n) is 3.64. The van der Waals surface area contributed by atoms with Crippen molar-refractivity contribution in [1.29, 1.82) is 0 Å². The molecule has 0 aliphatic heterocycles. The van der Waals surface area contributed by atoms with Gasteiger partial charge in [-0.3, -0.25) is 10.8 Å². The van der Waals surface area contributed by atoms with E-state index in [-0.39, 0.29) is 6.04 Å². The summed E-state index contributed by atoms with van der Waals surface area (Å²) < 4.78 is 0. The molecule has 80 valence electrons. The first-order valence-corrected chi connectivity index (χ1v) is 5.05. The van der Waals surface area contributed by atoms with Crippen molar-refractivity contribution in [1.82, 2.24) is 10.4 Å². The van der Waals surface area contributed by atoms with Gasteiger partial charge in [-0.15, -0.1) is 6.42 Å². The number of aryl methyl sites for hydroxylation is 1. The zero-order valence-electron chi connectivity index (χ0n) is 9.07. The van der Waals surface area contributed by atoms with E-state index in [1.807, 2.05) is 37.3 Å². The van der Waals surface area contributed by atoms with Gasteiger partial charge >= 0.3 is 0 Å². The standard InChI is InChI=1S/C13H13N3/c1-3-12(16-14)11-8-9(2)15-13-7-5-4-6-10(11)13/h1,4-8,12,16H,14H2,2H3. The molecule has 3 nitrogen and oxygen atoms in total. The van der Waals surface area contributed by atoms with Gasteiger partial charge in [-0.1, -0.05) is 24.1 Å². The van der Waals surface area contributed by atoms with Gasteiger partial charge in [0, 0.05) is 11.1 Å². The van der Waals surface area contributed by atoms with Gasteiger partial charge in [0.05, 0.1) is 5.52 Å². The van der Waals surface area contributed by atoms with Gasteiger partial charge in [-0.05, 0) is 24.6 Å². The average molecular weight is 211 g/mol. The van der Waals surface area contributed by atoms with E-state index < -0.39 is 0 Å². The van der Waals surface area contributed by atoms with Crippen LogP contribution in [0.5, 0.6) is 0 Å². The van der Waals surface area contributed by atoms with E-state index >= 15 is 0 Å². The number of benzene rings is 1. The molecule has 0 aliphatic rings. The molecule has 2 rings (SSSR count). The summed E-state index contributed by atoms with van der Waals surface area (Å²) in [6.45, 7) is 1.94. The highest BCUT2D eigenvalue weighted by Gasteiger charge is 2.11. The summed E-state index contributed by atoms with van der Waals surface area (Å²) in [4.78, 5) is 4.45. The molecule has 0 radical (unpaired) electrons. The van der Waals surface area contributed by atoms with E-state index in [0.717, 1.165) is 22.2 Å². The van der Waals surface area contributed by atoms with Gasteiger partial charge in [0.1, 0.15) is 6.04 Å². The van der Waals surface area contributed by atoms with E-state index in [2.05, 4.69) is 16.3 Å². The Morgan fingerprint density at radius 3 is 2.88 bits per heavy atom. The Hall–Kier alpha value is -1.89. The summed E-state index contributed by atoms with van der Waals surface area (Å²) in [6.07, 6.45) is 5.44. The fourth-order valence-corrected chi connectivity index (χ4v) is 1.81. The average Bonchev–Trinajstić information content (AvgIpc) is 2.30. The van der Waals surface area contributed by atoms with Crippen molar-refractivity contribution < 1.29 is 0 Å². The molecule has 2 aromatic rings. The normalized spacial score (nSPS) is 12.3. The molecule has 1 heterocycles. The van der Waals surface area contributed by atoms with Gasteiger partial charge in [0.15, 0.2) is 0 Å². The van der Waals surface area contributed by atoms with Gasteiger partial charge in [0.25, 0.3) is 0 Å². The molecule has 1 aromatic heterocycles. The van der Waals surface area contributed by atoms with Gasteiger partial charge < -0.3 is 0 Å². The second kappa shape index (κ2) is 4.31. The molecule has 1 atom stereocenters. The predicted molar refractivity (Wildman–Crippen MR) is 65.4 cm³/mol. The molecule has 1 aromatic carbocycles. The minimum absolute atomic E-state index is 0.286. The van der Waals surface area contributed by atoms with Crippen molar-refractivity contribution in [2.75, 3.05) is 0 Å². The highest BCUT2D eigenvalue weighted by Crippen LogP contribution is 2.23. The summed E-state index contributed by atoms with van der Waals surface area (Å²) in [6, 6.07) is 9.57. The SMILES string of the molecule is C#CC(NN)c1cc(C)nc2ccccc12. The first kappa shape index (κ1) is 10.6. The van der Waals surface area contributed by atoms with Crippen LogP contribution in [0, 0.1) is 19.3 Å². The van der Waals surface area contributed by atoms with Gasteiger partial charge in [-0.25, -0.2) is 5.43 Å². The number of aromatic nitrogens is 1. The monoisotopic (exact) mass is 211 g/mol. The fourth-order valence-electron chi connectivity index (χ4n) is 1.81. The summed E-state index contributed by atoms with van der Waals surface area (Å²) in [5.74, 6) is 8.07. The lowest BCUT2D eigenvalue weighted by atomic mass is 10.0. The van der Waals surface area contributed by atoms with E-state index in [4.69, 9.17) is 12.3 Å². The summed E-state index contributed by atoms with van der Waals surface area (Å²) in [5, 5.41) is 1.04. The number of hydrogen-bond donors (Lipinski definition) is 2. The maximum absolute atomic E-state index is 5.44. The number of pyridine rings is 1. The highest BCUT2D eigenvalue weighted by atomic mass is 15.2. The molecule has 0 aliphatic carbocycles. The minimum Gasteiger partial charge on any atom is -0.270 e. The van der Waals surface area contributed by atoms with Crippen molar-refractivity contribution in [3.63, 3.8) is 0 Å². The smallest absolute Gasteiger partial charge is 0.107 e. The summed E-state index contributed by atoms with van der Waals surface area (Å²) in [7, 11) is 0. The molecule has 3 heteroatoms. The molecule has 3 N–H and O–H groups in total. The minimum atomic E-state index is -0.286. The van der Waals surface area contributed by atoms with Crippen molar-refractivity contribution in [3.8, 4) is 12.3 Å². The number of hydrazine groups is 1. The maximum atomic E-state index is 5.44. The molecule has 0 bridgehead atoms. The number of nitrogens with zero attached hydrogens (tertiary/aromatic N) is 1. The molecule has 0 saturated carbocycles. The molecule has 0 amide bonds. The van der Waals surface area contributed by atoms with Gasteiger partial charge in [-0.2, -0.15) is 0 Å². The zero-order chi connectivity index (χ0) is 11.5. The second-order valence-corrected chi connectivity index (χ2v) is 3.64. The van der Waals surface area contributed by atoms with Crippen molar-refractivity contribution in [2.24, 2.45) is 5.84 Å². The number of nitrogens with two attached hydrogens (primary N) is 1. The Morgan fingerprint density at radius 1 is 1.44 bits per heavy atom. The van der Waals surface area contributed by atoms with E-state index in [0.29, 0.717) is 0 Å². The van der Waals surface area contributed by atoms with Crippen LogP contribution >= 0.6 is 0 Å². The Bertz CT molecular complexity index is 555. The van der Waals surface area contributed by atoms with Gasteiger partial charge in [0.2, 0.25) is 0 Å². The largest absolute Gasteiger partial charge is 0.270 e. The highest BCUT2D eigenvalue weighted by molar-refractivity contribution is 5.83. The zero-order valence-corrected chi connectivity index (χ0v) is 9.07. The molecule has 1 unspecified atom stereocenters. The Balaban J connectivity index is 2.73. The van der Waals surface area contributed by atoms with Crippen LogP contribution in [0.25, 0.3) is 10.9 Å². The van der Waals surface area contributed by atoms with Crippen LogP contribution in [0.15, 0.2) is 30.3 Å². The molecule has 0 spiro atoms. The van der Waals surface area contributed by atoms with Crippen LogP contribution < -0.4 is 11.3 Å². The Labute approximate surface area is 94.7 Å². The first-order valence-electron chi connectivity index (χ1n) is 5.05. The van der Waals surface area contributed by atoms with Crippen LogP contribution in [0.2, 0.25) is 0 Å². The number of para-hydroxylation sites is 1. The molecule has 0 saturated heterocycles. The number of nitrogens with one attached hydrogen (secondary N) is 1. The lowest BCUT2D eigenvalue weighted by Crippen LogP contribution is -2.27. The maximum Gasteiger partial charge on any atom is 0.107 e. The summed E-state index contributed by atoms with van der Waals surface area (Å²) >= 11 is 0. The summed E-state index contributed by atoms with van der Waals surface area (Å²) in [5.41, 5.74) is 5.49. The van der Waals surface area contributed by atoms with Crippen molar-refractivity contribution in [3.05, 3.63) is 41.6 Å². The molecule has 0 fully saturated rings. The third-order valence-corrected chi connectivity index (χ3v) is 2.52. The Morgan fingerprint density at radius 2 is 2.19 bits per heavy atom. The lowest BCUT2D eigenvalue weighted by Gasteiger charge is -2.13. The van der Waals surface area contributed by atoms with Crippen LogP contribution in [-0.2, 0) is 0 Å². The number of rotatable bonds is 2. The van der Waals surface area contributed by atoms with E-state index in [1.165, 1.54) is 0 Å². The quantitative estimate of drug-likeness (QED) is 0.451. The fraction of sp³-hybridized carbons (Fsp3) is 0.154. The third-order valence-electron chi connectivity index (χ3n) is 2.52. The van der Waals surface area contributed by atoms with Crippen molar-refractivity contribution >= 4 is 10.9 Å². The third kappa shape index (κ3) is 1.76. The Kier molecular flexibility index (Phi) is 2.86. The molecular weight excluding hydrogens is 198 g/mol.